The van der Waals surface area contributed by atoms with Gasteiger partial charge in [0.15, 0.2) is 0 Å². The van der Waals surface area contributed by atoms with Crippen LogP contribution in [0.25, 0.3) is 11.4 Å². The number of aryl methyl sites for hydroxylation is 1. The summed E-state index contributed by atoms with van der Waals surface area (Å²) in [5.74, 6) is -0.146. The Hall–Kier alpha value is -2.37. The number of hydrogen-bond acceptors (Lipinski definition) is 5. The first-order valence-electron chi connectivity index (χ1n) is 5.54. The predicted octanol–water partition coefficient (Wildman–Crippen LogP) is 1.24. The lowest BCUT2D eigenvalue weighted by molar-refractivity contribution is 0.0526. The van der Waals surface area contributed by atoms with Gasteiger partial charge in [-0.25, -0.2) is 14.8 Å². The lowest BCUT2D eigenvalue weighted by Crippen LogP contribution is -2.02. The predicted molar refractivity (Wildman–Crippen MR) is 66.8 cm³/mol. The van der Waals surface area contributed by atoms with Crippen molar-refractivity contribution in [3.05, 3.63) is 30.1 Å². The Morgan fingerprint density at radius 2 is 2.33 bits per heavy atom. The lowest BCUT2D eigenvalue weighted by Gasteiger charge is -2.01. The molecular weight excluding hydrogens is 232 g/mol. The van der Waals surface area contributed by atoms with Crippen LogP contribution in [0.5, 0.6) is 0 Å². The van der Waals surface area contributed by atoms with E-state index in [4.69, 9.17) is 10.5 Å². The largest absolute Gasteiger partial charge is 0.462 e. The quantitative estimate of drug-likeness (QED) is 0.824. The average Bonchev–Trinajstić information content (AvgIpc) is 2.72. The number of carbonyl (C=O) groups excluding carboxylic acids is 1. The highest BCUT2D eigenvalue weighted by molar-refractivity contribution is 5.90. The molecule has 0 saturated heterocycles. The number of rotatable bonds is 3. The zero-order chi connectivity index (χ0) is 13.1. The Bertz CT molecular complexity index is 577. The van der Waals surface area contributed by atoms with Crippen molar-refractivity contribution in [2.75, 3.05) is 12.3 Å². The van der Waals surface area contributed by atoms with E-state index in [9.17, 15) is 4.79 Å². The van der Waals surface area contributed by atoms with Crippen molar-refractivity contribution in [2.45, 2.75) is 6.92 Å². The highest BCUT2D eigenvalue weighted by Crippen LogP contribution is 2.20. The summed E-state index contributed by atoms with van der Waals surface area (Å²) in [7, 11) is 1.83. The van der Waals surface area contributed by atoms with Crippen molar-refractivity contribution >= 4 is 11.9 Å². The maximum Gasteiger partial charge on any atom is 0.339 e. The molecule has 0 bridgehead atoms. The standard InChI is InChI=1S/C12H14N4O2/c1-3-18-11(17)8-6-10(16(2)7-8)9-4-5-14-12(13)15-9/h4-7H,3H2,1-2H3,(H2,13,14,15). The first-order chi connectivity index (χ1) is 8.61. The third-order valence-corrected chi connectivity index (χ3v) is 2.45. The van der Waals surface area contributed by atoms with Gasteiger partial charge >= 0.3 is 5.97 Å². The molecule has 6 nitrogen and oxygen atoms in total. The summed E-state index contributed by atoms with van der Waals surface area (Å²) in [4.78, 5) is 19.6. The second-order valence-electron chi connectivity index (χ2n) is 3.75. The molecule has 2 heterocycles. The number of anilines is 1. The number of esters is 1. The topological polar surface area (TPSA) is 83.0 Å². The third-order valence-electron chi connectivity index (χ3n) is 2.45. The fourth-order valence-electron chi connectivity index (χ4n) is 1.66. The molecule has 0 aliphatic rings. The summed E-state index contributed by atoms with van der Waals surface area (Å²) in [6.07, 6.45) is 3.28. The van der Waals surface area contributed by atoms with E-state index in [0.717, 1.165) is 5.69 Å². The molecule has 0 saturated carbocycles. The van der Waals surface area contributed by atoms with Crippen LogP contribution in [0.1, 0.15) is 17.3 Å². The molecule has 0 fully saturated rings. The number of nitrogens with zero attached hydrogens (tertiary/aromatic N) is 3. The van der Waals surface area contributed by atoms with Crippen LogP contribution in [0, 0.1) is 0 Å². The minimum atomic E-state index is -0.346. The number of aromatic nitrogens is 3. The Balaban J connectivity index is 2.38. The van der Waals surface area contributed by atoms with E-state index >= 15 is 0 Å². The highest BCUT2D eigenvalue weighted by Gasteiger charge is 2.13. The van der Waals surface area contributed by atoms with Gasteiger partial charge in [-0.05, 0) is 19.1 Å². The molecule has 18 heavy (non-hydrogen) atoms. The van der Waals surface area contributed by atoms with Crippen LogP contribution in [0.2, 0.25) is 0 Å². The second-order valence-corrected chi connectivity index (χ2v) is 3.75. The van der Waals surface area contributed by atoms with Gasteiger partial charge in [0.05, 0.1) is 23.6 Å². The number of hydrogen-bond donors (Lipinski definition) is 1. The van der Waals surface area contributed by atoms with E-state index in [1.807, 2.05) is 7.05 Å². The van der Waals surface area contributed by atoms with Gasteiger partial charge in [-0.2, -0.15) is 0 Å². The maximum atomic E-state index is 11.6. The molecule has 0 unspecified atom stereocenters. The van der Waals surface area contributed by atoms with E-state index in [1.165, 1.54) is 0 Å². The Kier molecular flexibility index (Phi) is 3.27. The molecule has 0 aliphatic carbocycles. The van der Waals surface area contributed by atoms with E-state index in [2.05, 4.69) is 9.97 Å². The van der Waals surface area contributed by atoms with Gasteiger partial charge in [0.25, 0.3) is 0 Å². The molecule has 2 aromatic rings. The molecule has 2 aromatic heterocycles. The number of nitrogens with two attached hydrogens (primary N) is 1. The van der Waals surface area contributed by atoms with Crippen LogP contribution >= 0.6 is 0 Å². The molecule has 0 atom stereocenters. The number of nitrogen functional groups attached to an aromatic ring is 1. The molecule has 0 aromatic carbocycles. The maximum absolute atomic E-state index is 11.6. The minimum Gasteiger partial charge on any atom is -0.462 e. The molecule has 0 spiro atoms. The van der Waals surface area contributed by atoms with Crippen molar-refractivity contribution < 1.29 is 9.53 Å². The molecule has 0 radical (unpaired) electrons. The zero-order valence-corrected chi connectivity index (χ0v) is 10.3. The lowest BCUT2D eigenvalue weighted by atomic mass is 10.2. The zero-order valence-electron chi connectivity index (χ0n) is 10.3. The van der Waals surface area contributed by atoms with E-state index in [-0.39, 0.29) is 11.9 Å². The normalized spacial score (nSPS) is 10.3. The SMILES string of the molecule is CCOC(=O)c1cc(-c2ccnc(N)n2)n(C)c1. The average molecular weight is 246 g/mol. The minimum absolute atomic E-state index is 0.200. The van der Waals surface area contributed by atoms with Gasteiger partial charge in [0.2, 0.25) is 5.95 Å². The Morgan fingerprint density at radius 1 is 1.56 bits per heavy atom. The van der Waals surface area contributed by atoms with Gasteiger partial charge in [0, 0.05) is 19.4 Å². The second kappa shape index (κ2) is 4.87. The molecule has 0 aliphatic heterocycles. The van der Waals surface area contributed by atoms with E-state index in [0.29, 0.717) is 17.9 Å². The molecule has 94 valence electrons. The molecule has 0 amide bonds. The molecule has 6 heteroatoms. The Morgan fingerprint density at radius 3 is 3.00 bits per heavy atom. The first-order valence-corrected chi connectivity index (χ1v) is 5.54. The third kappa shape index (κ3) is 2.32. The van der Waals surface area contributed by atoms with Crippen LogP contribution in [0.15, 0.2) is 24.5 Å². The number of carbonyl (C=O) groups is 1. The first kappa shape index (κ1) is 12.1. The smallest absolute Gasteiger partial charge is 0.339 e. The summed E-state index contributed by atoms with van der Waals surface area (Å²) in [6.45, 7) is 2.12. The highest BCUT2D eigenvalue weighted by atomic mass is 16.5. The molecule has 2 N–H and O–H groups in total. The van der Waals surface area contributed by atoms with Crippen molar-refractivity contribution in [2.24, 2.45) is 7.05 Å². The monoisotopic (exact) mass is 246 g/mol. The summed E-state index contributed by atoms with van der Waals surface area (Å²) >= 11 is 0. The van der Waals surface area contributed by atoms with Gasteiger partial charge in [-0.1, -0.05) is 0 Å². The van der Waals surface area contributed by atoms with Crippen LogP contribution in [0.3, 0.4) is 0 Å². The van der Waals surface area contributed by atoms with Crippen LogP contribution in [-0.4, -0.2) is 27.1 Å². The van der Waals surface area contributed by atoms with Crippen LogP contribution < -0.4 is 5.73 Å². The van der Waals surface area contributed by atoms with Crippen molar-refractivity contribution in [3.63, 3.8) is 0 Å². The van der Waals surface area contributed by atoms with Crippen molar-refractivity contribution in [1.82, 2.24) is 14.5 Å². The van der Waals surface area contributed by atoms with E-state index < -0.39 is 0 Å². The summed E-state index contributed by atoms with van der Waals surface area (Å²) in [5, 5.41) is 0. The van der Waals surface area contributed by atoms with Crippen molar-refractivity contribution in [3.8, 4) is 11.4 Å². The van der Waals surface area contributed by atoms with Crippen LogP contribution in [0.4, 0.5) is 5.95 Å². The van der Waals surface area contributed by atoms with Gasteiger partial charge in [-0.3, -0.25) is 0 Å². The molecular formula is C12H14N4O2. The van der Waals surface area contributed by atoms with E-state index in [1.54, 1.807) is 36.0 Å². The number of ether oxygens (including phenoxy) is 1. The fourth-order valence-corrected chi connectivity index (χ4v) is 1.66. The summed E-state index contributed by atoms with van der Waals surface area (Å²) in [5.41, 5.74) is 7.48. The fraction of sp³-hybridized carbons (Fsp3) is 0.250. The Labute approximate surface area is 104 Å². The van der Waals surface area contributed by atoms with Crippen LogP contribution in [-0.2, 0) is 11.8 Å². The molecule has 2 rings (SSSR count). The summed E-state index contributed by atoms with van der Waals surface area (Å²) in [6, 6.07) is 3.46. The van der Waals surface area contributed by atoms with Gasteiger partial charge in [-0.15, -0.1) is 0 Å². The van der Waals surface area contributed by atoms with Gasteiger partial charge < -0.3 is 15.0 Å². The van der Waals surface area contributed by atoms with Gasteiger partial charge in [0.1, 0.15) is 0 Å². The summed E-state index contributed by atoms with van der Waals surface area (Å²) < 4.78 is 6.75. The van der Waals surface area contributed by atoms with Crippen molar-refractivity contribution in [1.29, 1.82) is 0 Å².